The molecule has 0 aliphatic rings. The lowest BCUT2D eigenvalue weighted by Gasteiger charge is -2.13. The molecule has 0 radical (unpaired) electrons. The van der Waals surface area contributed by atoms with Crippen LogP contribution >= 0.6 is 0 Å². The molecule has 0 amide bonds. The van der Waals surface area contributed by atoms with Crippen molar-refractivity contribution in [2.45, 2.75) is 0 Å². The maximum absolute atomic E-state index is 14.9. The number of para-hydroxylation sites is 3. The predicted molar refractivity (Wildman–Crippen MR) is 220 cm³/mol. The normalized spacial score (nSPS) is 11.8. The molecule has 0 spiro atoms. The molecule has 11 rings (SSSR count). The van der Waals surface area contributed by atoms with Gasteiger partial charge in [0.1, 0.15) is 11.2 Å². The van der Waals surface area contributed by atoms with Gasteiger partial charge in [-0.1, -0.05) is 121 Å². The van der Waals surface area contributed by atoms with E-state index in [1.165, 1.54) is 10.8 Å². The Morgan fingerprint density at radius 3 is 1.77 bits per heavy atom. The minimum atomic E-state index is -0.0480. The van der Waals surface area contributed by atoms with Crippen LogP contribution in [0.25, 0.3) is 99.2 Å². The third kappa shape index (κ3) is 4.39. The van der Waals surface area contributed by atoms with Crippen LogP contribution in [-0.4, -0.2) is 9.13 Å². The lowest BCUT2D eigenvalue weighted by molar-refractivity contribution is 0.660. The number of hydrogen-bond donors (Lipinski definition) is 0. The highest BCUT2D eigenvalue weighted by molar-refractivity contribution is 6.26. The summed E-state index contributed by atoms with van der Waals surface area (Å²) in [5.41, 5.74) is 11.4. The average Bonchev–Trinajstić information content (AvgIpc) is 3.74. The molecule has 11 aromatic rings. The van der Waals surface area contributed by atoms with Gasteiger partial charge in [0.25, 0.3) is 0 Å². The Labute approximate surface area is 304 Å². The van der Waals surface area contributed by atoms with Gasteiger partial charge in [-0.15, -0.1) is 0 Å². The number of rotatable bonds is 4. The van der Waals surface area contributed by atoms with E-state index in [2.05, 4.69) is 137 Å². The molecule has 8 aromatic carbocycles. The Balaban J connectivity index is 1.23. The van der Waals surface area contributed by atoms with Crippen molar-refractivity contribution in [3.63, 3.8) is 0 Å². The van der Waals surface area contributed by atoms with Gasteiger partial charge in [-0.2, -0.15) is 0 Å². The summed E-state index contributed by atoms with van der Waals surface area (Å²) in [7, 11) is 0. The van der Waals surface area contributed by atoms with Crippen molar-refractivity contribution in [2.75, 3.05) is 0 Å². The van der Waals surface area contributed by atoms with E-state index < -0.39 is 0 Å². The maximum Gasteiger partial charge on any atom is 0.201 e. The smallest absolute Gasteiger partial charge is 0.201 e. The van der Waals surface area contributed by atoms with Crippen molar-refractivity contribution >= 4 is 65.6 Å². The Kier molecular flexibility index (Phi) is 6.37. The molecular weight excluding hydrogens is 649 g/mol. The summed E-state index contributed by atoms with van der Waals surface area (Å²) in [6, 6.07) is 62.7. The van der Waals surface area contributed by atoms with Gasteiger partial charge in [0.2, 0.25) is 5.43 Å². The van der Waals surface area contributed by atoms with Gasteiger partial charge in [0.15, 0.2) is 0 Å². The van der Waals surface area contributed by atoms with Gasteiger partial charge >= 0.3 is 0 Å². The Bertz CT molecular complexity index is 3280. The molecule has 0 N–H and O–H groups in total. The topological polar surface area (TPSA) is 40.1 Å². The molecular formula is C49H30N2O2. The number of aromatic nitrogens is 2. The van der Waals surface area contributed by atoms with Crippen molar-refractivity contribution in [3.05, 3.63) is 192 Å². The summed E-state index contributed by atoms with van der Waals surface area (Å²) in [4.78, 5) is 14.9. The standard InChI is InChI=1S/C49H30N2O2/c52-49-40-30-35(24-27-44(40)53-45-29-33(31-14-4-1-5-15-31)28-39(47(45)49)32-16-6-2-7-17-32)51-41-22-12-10-20-36(41)37-25-26-43-46(48(37)51)38-21-11-13-23-42(38)50(43)34-18-8-3-9-19-34/h1-30H. The molecule has 0 aliphatic heterocycles. The second kappa shape index (κ2) is 11.4. The highest BCUT2D eigenvalue weighted by atomic mass is 16.3. The van der Waals surface area contributed by atoms with Gasteiger partial charge in [-0.3, -0.25) is 4.79 Å². The molecule has 0 fully saturated rings. The van der Waals surface area contributed by atoms with Crippen LogP contribution in [0.1, 0.15) is 0 Å². The van der Waals surface area contributed by atoms with E-state index in [1.807, 2.05) is 54.6 Å². The van der Waals surface area contributed by atoms with Crippen LogP contribution in [0.3, 0.4) is 0 Å². The van der Waals surface area contributed by atoms with Crippen LogP contribution in [0, 0.1) is 0 Å². The van der Waals surface area contributed by atoms with E-state index in [0.717, 1.165) is 66.5 Å². The van der Waals surface area contributed by atoms with Crippen molar-refractivity contribution in [1.82, 2.24) is 9.13 Å². The van der Waals surface area contributed by atoms with Gasteiger partial charge < -0.3 is 13.6 Å². The van der Waals surface area contributed by atoms with Crippen molar-refractivity contribution in [1.29, 1.82) is 0 Å². The first kappa shape index (κ1) is 29.5. The third-order valence-corrected chi connectivity index (χ3v) is 10.7. The van der Waals surface area contributed by atoms with Crippen LogP contribution in [0.2, 0.25) is 0 Å². The highest BCUT2D eigenvalue weighted by Gasteiger charge is 2.22. The summed E-state index contributed by atoms with van der Waals surface area (Å²) >= 11 is 0. The molecule has 248 valence electrons. The molecule has 0 bridgehead atoms. The molecule has 0 saturated carbocycles. The number of fused-ring (bicyclic) bond motifs is 9. The molecule has 0 atom stereocenters. The minimum Gasteiger partial charge on any atom is -0.456 e. The maximum atomic E-state index is 14.9. The van der Waals surface area contributed by atoms with Crippen LogP contribution in [0.15, 0.2) is 191 Å². The van der Waals surface area contributed by atoms with Crippen LogP contribution in [0.4, 0.5) is 0 Å². The first-order valence-corrected chi connectivity index (χ1v) is 17.9. The summed E-state index contributed by atoms with van der Waals surface area (Å²) in [5.74, 6) is 0. The van der Waals surface area contributed by atoms with E-state index in [9.17, 15) is 4.79 Å². The SMILES string of the molecule is O=c1c2cc(-n3c4ccccc4c4ccc5c(c6ccccc6n5-c5ccccc5)c43)ccc2oc2cc(-c3ccccc3)cc(-c3ccccc3)c12. The third-order valence-electron chi connectivity index (χ3n) is 10.7. The Morgan fingerprint density at radius 2 is 1.02 bits per heavy atom. The zero-order chi connectivity index (χ0) is 35.0. The van der Waals surface area contributed by atoms with E-state index >= 15 is 0 Å². The fourth-order valence-corrected chi connectivity index (χ4v) is 8.38. The summed E-state index contributed by atoms with van der Waals surface area (Å²) in [5, 5.41) is 5.79. The second-order valence-electron chi connectivity index (χ2n) is 13.6. The first-order valence-electron chi connectivity index (χ1n) is 17.9. The van der Waals surface area contributed by atoms with E-state index in [-0.39, 0.29) is 5.43 Å². The van der Waals surface area contributed by atoms with Gasteiger partial charge in [0, 0.05) is 32.9 Å². The fourth-order valence-electron chi connectivity index (χ4n) is 8.38. The minimum absolute atomic E-state index is 0.0480. The molecule has 3 aromatic heterocycles. The highest BCUT2D eigenvalue weighted by Crippen LogP contribution is 2.42. The monoisotopic (exact) mass is 678 g/mol. The molecule has 3 heterocycles. The fraction of sp³-hybridized carbons (Fsp3) is 0. The van der Waals surface area contributed by atoms with Gasteiger partial charge in [-0.05, 0) is 82.9 Å². The van der Waals surface area contributed by atoms with Gasteiger partial charge in [0.05, 0.1) is 32.8 Å². The summed E-state index contributed by atoms with van der Waals surface area (Å²) in [6.45, 7) is 0. The van der Waals surface area contributed by atoms with E-state index in [0.29, 0.717) is 21.9 Å². The Hall–Kier alpha value is -7.17. The molecule has 53 heavy (non-hydrogen) atoms. The Morgan fingerprint density at radius 1 is 0.377 bits per heavy atom. The molecule has 4 heteroatoms. The van der Waals surface area contributed by atoms with E-state index in [4.69, 9.17) is 4.42 Å². The molecule has 0 saturated heterocycles. The quantitative estimate of drug-likeness (QED) is 0.174. The zero-order valence-corrected chi connectivity index (χ0v) is 28.5. The van der Waals surface area contributed by atoms with Crippen molar-refractivity contribution in [3.8, 4) is 33.6 Å². The zero-order valence-electron chi connectivity index (χ0n) is 28.5. The van der Waals surface area contributed by atoms with E-state index in [1.54, 1.807) is 0 Å². The van der Waals surface area contributed by atoms with Gasteiger partial charge in [-0.25, -0.2) is 0 Å². The number of nitrogens with zero attached hydrogens (tertiary/aromatic N) is 2. The largest absolute Gasteiger partial charge is 0.456 e. The summed E-state index contributed by atoms with van der Waals surface area (Å²) < 4.78 is 11.3. The molecule has 0 unspecified atom stereocenters. The van der Waals surface area contributed by atoms with Crippen LogP contribution < -0.4 is 5.43 Å². The lowest BCUT2D eigenvalue weighted by atomic mass is 9.94. The molecule has 4 nitrogen and oxygen atoms in total. The van der Waals surface area contributed by atoms with Crippen LogP contribution in [-0.2, 0) is 0 Å². The number of hydrogen-bond acceptors (Lipinski definition) is 2. The predicted octanol–water partition coefficient (Wildman–Crippen LogP) is 12.5. The van der Waals surface area contributed by atoms with Crippen molar-refractivity contribution < 1.29 is 4.42 Å². The number of benzene rings is 8. The van der Waals surface area contributed by atoms with Crippen LogP contribution in [0.5, 0.6) is 0 Å². The average molecular weight is 679 g/mol. The van der Waals surface area contributed by atoms with Crippen molar-refractivity contribution in [2.24, 2.45) is 0 Å². The summed E-state index contributed by atoms with van der Waals surface area (Å²) in [6.07, 6.45) is 0. The lowest BCUT2D eigenvalue weighted by Crippen LogP contribution is -2.05. The second-order valence-corrected chi connectivity index (χ2v) is 13.6. The molecule has 0 aliphatic carbocycles. The first-order chi connectivity index (χ1) is 26.2.